The maximum Gasteiger partial charge on any atom is 0.337 e. The fourth-order valence-corrected chi connectivity index (χ4v) is 3.65. The molecule has 0 radical (unpaired) electrons. The van der Waals surface area contributed by atoms with Crippen LogP contribution in [0.3, 0.4) is 0 Å². The molecule has 5 nitrogen and oxygen atoms in total. The standard InChI is InChI=1S/C25H22F2N2O3/c1-32-25(31)18-6-3-7-19(11-18)29-24(30)17-5-2-4-15(10-17)14-28-23-13-20(23)16-8-9-21(26)22(27)12-16/h2-12,20,23,28H,13-14H2,1H3,(H,29,30)/t20-,23+/m0/s1. The van der Waals surface area contributed by atoms with Gasteiger partial charge in [0.2, 0.25) is 0 Å². The Morgan fingerprint density at radius 3 is 2.53 bits per heavy atom. The highest BCUT2D eigenvalue weighted by Gasteiger charge is 2.38. The number of ether oxygens (including phenoxy) is 1. The van der Waals surface area contributed by atoms with Gasteiger partial charge in [0.15, 0.2) is 11.6 Å². The number of hydrogen-bond donors (Lipinski definition) is 2. The highest BCUT2D eigenvalue weighted by molar-refractivity contribution is 6.05. The summed E-state index contributed by atoms with van der Waals surface area (Å²) in [6.45, 7) is 0.545. The maximum absolute atomic E-state index is 13.4. The van der Waals surface area contributed by atoms with Crippen molar-refractivity contribution in [3.63, 3.8) is 0 Å². The van der Waals surface area contributed by atoms with Gasteiger partial charge >= 0.3 is 5.97 Å². The van der Waals surface area contributed by atoms with Crippen LogP contribution in [0.4, 0.5) is 14.5 Å². The van der Waals surface area contributed by atoms with Gasteiger partial charge in [-0.25, -0.2) is 13.6 Å². The van der Waals surface area contributed by atoms with E-state index in [-0.39, 0.29) is 17.9 Å². The van der Waals surface area contributed by atoms with Gasteiger partial charge in [-0.05, 0) is 60.0 Å². The van der Waals surface area contributed by atoms with E-state index in [0.29, 0.717) is 23.4 Å². The van der Waals surface area contributed by atoms with Gasteiger partial charge in [0.25, 0.3) is 5.91 Å². The zero-order valence-corrected chi connectivity index (χ0v) is 17.4. The molecule has 2 atom stereocenters. The third-order valence-corrected chi connectivity index (χ3v) is 5.46. The van der Waals surface area contributed by atoms with Crippen LogP contribution in [0, 0.1) is 11.6 Å². The second-order valence-electron chi connectivity index (χ2n) is 7.73. The average Bonchev–Trinajstić information content (AvgIpc) is 3.59. The summed E-state index contributed by atoms with van der Waals surface area (Å²) in [7, 11) is 1.30. The molecule has 2 N–H and O–H groups in total. The second-order valence-corrected chi connectivity index (χ2v) is 7.73. The molecule has 0 aromatic heterocycles. The van der Waals surface area contributed by atoms with Crippen LogP contribution in [0.5, 0.6) is 0 Å². The molecule has 4 rings (SSSR count). The van der Waals surface area contributed by atoms with Crippen molar-refractivity contribution in [1.82, 2.24) is 5.32 Å². The third-order valence-electron chi connectivity index (χ3n) is 5.46. The summed E-state index contributed by atoms with van der Waals surface area (Å²) in [5, 5.41) is 6.19. The number of carbonyl (C=O) groups excluding carboxylic acids is 2. The quantitative estimate of drug-likeness (QED) is 0.529. The minimum absolute atomic E-state index is 0.152. The van der Waals surface area contributed by atoms with E-state index in [4.69, 9.17) is 4.74 Å². The summed E-state index contributed by atoms with van der Waals surface area (Å²) >= 11 is 0. The van der Waals surface area contributed by atoms with Crippen LogP contribution in [0.25, 0.3) is 0 Å². The zero-order valence-electron chi connectivity index (χ0n) is 17.4. The molecule has 1 amide bonds. The van der Waals surface area contributed by atoms with Crippen molar-refractivity contribution in [1.29, 1.82) is 0 Å². The van der Waals surface area contributed by atoms with E-state index in [9.17, 15) is 18.4 Å². The molecule has 1 saturated carbocycles. The Balaban J connectivity index is 1.35. The summed E-state index contributed by atoms with van der Waals surface area (Å²) in [6, 6.07) is 18.0. The average molecular weight is 436 g/mol. The molecule has 0 heterocycles. The molecule has 32 heavy (non-hydrogen) atoms. The number of benzene rings is 3. The van der Waals surface area contributed by atoms with Gasteiger partial charge in [0.05, 0.1) is 12.7 Å². The van der Waals surface area contributed by atoms with Crippen LogP contribution in [-0.4, -0.2) is 25.0 Å². The van der Waals surface area contributed by atoms with Gasteiger partial charge in [-0.15, -0.1) is 0 Å². The fourth-order valence-electron chi connectivity index (χ4n) is 3.65. The molecule has 0 spiro atoms. The normalized spacial score (nSPS) is 17.0. The van der Waals surface area contributed by atoms with E-state index in [0.717, 1.165) is 23.6 Å². The molecule has 1 aliphatic carbocycles. The van der Waals surface area contributed by atoms with Crippen molar-refractivity contribution in [2.24, 2.45) is 0 Å². The Hall–Kier alpha value is -3.58. The maximum atomic E-state index is 13.4. The first-order valence-electron chi connectivity index (χ1n) is 10.2. The first-order valence-corrected chi connectivity index (χ1v) is 10.2. The predicted molar refractivity (Wildman–Crippen MR) is 117 cm³/mol. The Kier molecular flexibility index (Phi) is 6.28. The van der Waals surface area contributed by atoms with Crippen molar-refractivity contribution in [3.8, 4) is 0 Å². The van der Waals surface area contributed by atoms with E-state index in [2.05, 4.69) is 10.6 Å². The Labute approximate surface area is 184 Å². The first-order chi connectivity index (χ1) is 15.4. The van der Waals surface area contributed by atoms with Crippen LogP contribution in [0.15, 0.2) is 66.7 Å². The van der Waals surface area contributed by atoms with Crippen LogP contribution >= 0.6 is 0 Å². The zero-order chi connectivity index (χ0) is 22.7. The van der Waals surface area contributed by atoms with Crippen molar-refractivity contribution >= 4 is 17.6 Å². The minimum atomic E-state index is -0.842. The molecular formula is C25H22F2N2O3. The van der Waals surface area contributed by atoms with Gasteiger partial charge in [-0.2, -0.15) is 0 Å². The Morgan fingerprint density at radius 2 is 1.75 bits per heavy atom. The number of amides is 1. The summed E-state index contributed by atoms with van der Waals surface area (Å²) in [5.41, 5.74) is 3.04. The molecule has 0 saturated heterocycles. The summed E-state index contributed by atoms with van der Waals surface area (Å²) in [6.07, 6.45) is 0.849. The van der Waals surface area contributed by atoms with Gasteiger partial charge in [0.1, 0.15) is 0 Å². The topological polar surface area (TPSA) is 67.4 Å². The largest absolute Gasteiger partial charge is 0.465 e. The molecule has 1 fully saturated rings. The lowest BCUT2D eigenvalue weighted by Gasteiger charge is -2.09. The number of rotatable bonds is 7. The van der Waals surface area contributed by atoms with Gasteiger partial charge in [0, 0.05) is 29.8 Å². The number of anilines is 1. The minimum Gasteiger partial charge on any atom is -0.465 e. The highest BCUT2D eigenvalue weighted by atomic mass is 19.2. The number of methoxy groups -OCH3 is 1. The molecule has 3 aromatic rings. The van der Waals surface area contributed by atoms with Crippen molar-refractivity contribution < 1.29 is 23.1 Å². The first kappa shape index (κ1) is 21.6. The van der Waals surface area contributed by atoms with E-state index in [1.54, 1.807) is 48.5 Å². The molecule has 1 aliphatic rings. The van der Waals surface area contributed by atoms with Gasteiger partial charge < -0.3 is 15.4 Å². The number of nitrogens with one attached hydrogen (secondary N) is 2. The SMILES string of the molecule is COC(=O)c1cccc(NC(=O)c2cccc(CN[C@@H]3C[C@H]3c3ccc(F)c(F)c3)c2)c1. The lowest BCUT2D eigenvalue weighted by molar-refractivity contribution is 0.0600. The lowest BCUT2D eigenvalue weighted by Crippen LogP contribution is -2.18. The van der Waals surface area contributed by atoms with E-state index >= 15 is 0 Å². The van der Waals surface area contributed by atoms with Crippen LogP contribution < -0.4 is 10.6 Å². The van der Waals surface area contributed by atoms with E-state index in [1.165, 1.54) is 13.2 Å². The Bertz CT molecular complexity index is 1170. The molecule has 0 bridgehead atoms. The fraction of sp³-hybridized carbons (Fsp3) is 0.200. The van der Waals surface area contributed by atoms with Gasteiger partial charge in [-0.3, -0.25) is 4.79 Å². The lowest BCUT2D eigenvalue weighted by atomic mass is 10.1. The van der Waals surface area contributed by atoms with Crippen molar-refractivity contribution in [2.75, 3.05) is 12.4 Å². The number of hydrogen-bond acceptors (Lipinski definition) is 4. The van der Waals surface area contributed by atoms with Crippen molar-refractivity contribution in [3.05, 3.63) is 101 Å². The molecule has 164 valence electrons. The molecular weight excluding hydrogens is 414 g/mol. The van der Waals surface area contributed by atoms with E-state index in [1.807, 2.05) is 6.07 Å². The second kappa shape index (κ2) is 9.28. The summed E-state index contributed by atoms with van der Waals surface area (Å²) in [4.78, 5) is 24.3. The molecule has 3 aromatic carbocycles. The van der Waals surface area contributed by atoms with Crippen LogP contribution in [0.2, 0.25) is 0 Å². The third kappa shape index (κ3) is 5.00. The summed E-state index contributed by atoms with van der Waals surface area (Å²) in [5.74, 6) is -2.29. The highest BCUT2D eigenvalue weighted by Crippen LogP contribution is 2.41. The van der Waals surface area contributed by atoms with Crippen molar-refractivity contribution in [2.45, 2.75) is 24.9 Å². The predicted octanol–water partition coefficient (Wildman–Crippen LogP) is 4.65. The number of carbonyl (C=O) groups is 2. The molecule has 0 unspecified atom stereocenters. The number of esters is 1. The monoisotopic (exact) mass is 436 g/mol. The van der Waals surface area contributed by atoms with Gasteiger partial charge in [-0.1, -0.05) is 24.3 Å². The summed E-state index contributed by atoms with van der Waals surface area (Å²) < 4.78 is 31.3. The Morgan fingerprint density at radius 1 is 0.969 bits per heavy atom. The molecule has 0 aliphatic heterocycles. The van der Waals surface area contributed by atoms with Crippen LogP contribution in [0.1, 0.15) is 44.2 Å². The number of halogens is 2. The smallest absolute Gasteiger partial charge is 0.337 e. The van der Waals surface area contributed by atoms with E-state index < -0.39 is 17.6 Å². The molecule has 7 heteroatoms. The van der Waals surface area contributed by atoms with Crippen LogP contribution in [-0.2, 0) is 11.3 Å².